The van der Waals surface area contributed by atoms with Crippen LogP contribution in [0.3, 0.4) is 0 Å². The van der Waals surface area contributed by atoms with Crippen LogP contribution in [0.25, 0.3) is 0 Å². The maximum absolute atomic E-state index is 12.8. The molecule has 0 saturated heterocycles. The van der Waals surface area contributed by atoms with E-state index in [1.807, 2.05) is 0 Å². The predicted molar refractivity (Wildman–Crippen MR) is 265 cm³/mol. The summed E-state index contributed by atoms with van der Waals surface area (Å²) in [5.74, 6) is -0.925. The lowest BCUT2D eigenvalue weighted by molar-refractivity contribution is -0.167. The number of carbonyl (C=O) groups is 3. The molecule has 0 heterocycles. The molecule has 0 aliphatic rings. The van der Waals surface area contributed by atoms with Crippen molar-refractivity contribution in [2.24, 2.45) is 0 Å². The number of rotatable bonds is 46. The van der Waals surface area contributed by atoms with Crippen LogP contribution in [0, 0.1) is 0 Å². The molecule has 0 spiro atoms. The monoisotopic (exact) mass is 865 g/mol. The van der Waals surface area contributed by atoms with E-state index < -0.39 is 6.10 Å². The Morgan fingerprint density at radius 1 is 0.339 bits per heavy atom. The van der Waals surface area contributed by atoms with Gasteiger partial charge in [0.15, 0.2) is 6.10 Å². The summed E-state index contributed by atoms with van der Waals surface area (Å²) in [6.45, 7) is 6.47. The maximum Gasteiger partial charge on any atom is 0.306 e. The Bertz CT molecular complexity index is 1180. The first-order chi connectivity index (χ1) is 30.5. The van der Waals surface area contributed by atoms with Crippen LogP contribution < -0.4 is 0 Å². The van der Waals surface area contributed by atoms with Crippen molar-refractivity contribution in [2.45, 2.75) is 252 Å². The minimum atomic E-state index is -0.790. The highest BCUT2D eigenvalue weighted by Gasteiger charge is 2.19. The Morgan fingerprint density at radius 3 is 1.00 bits per heavy atom. The van der Waals surface area contributed by atoms with Crippen molar-refractivity contribution in [2.75, 3.05) is 13.2 Å². The molecule has 0 bridgehead atoms. The van der Waals surface area contributed by atoms with E-state index in [1.165, 1.54) is 83.5 Å². The molecule has 0 N–H and O–H groups in total. The summed E-state index contributed by atoms with van der Waals surface area (Å²) in [7, 11) is 0. The molecule has 0 rings (SSSR count). The van der Waals surface area contributed by atoms with Gasteiger partial charge in [0.2, 0.25) is 0 Å². The molecule has 0 amide bonds. The number of hydrogen-bond acceptors (Lipinski definition) is 6. The Labute approximate surface area is 382 Å². The topological polar surface area (TPSA) is 78.9 Å². The van der Waals surface area contributed by atoms with Crippen molar-refractivity contribution in [3.05, 3.63) is 72.9 Å². The smallest absolute Gasteiger partial charge is 0.306 e. The second kappa shape index (κ2) is 50.5. The third-order valence-corrected chi connectivity index (χ3v) is 10.9. The van der Waals surface area contributed by atoms with E-state index in [0.29, 0.717) is 19.3 Å². The molecule has 6 heteroatoms. The van der Waals surface area contributed by atoms with Crippen LogP contribution in [-0.4, -0.2) is 37.2 Å². The van der Waals surface area contributed by atoms with E-state index >= 15 is 0 Å². The number of unbranched alkanes of at least 4 members (excludes halogenated alkanes) is 23. The highest BCUT2D eigenvalue weighted by molar-refractivity contribution is 5.71. The van der Waals surface area contributed by atoms with Gasteiger partial charge in [0, 0.05) is 19.3 Å². The summed E-state index contributed by atoms with van der Waals surface area (Å²) < 4.78 is 16.8. The van der Waals surface area contributed by atoms with Gasteiger partial charge >= 0.3 is 17.9 Å². The third-order valence-electron chi connectivity index (χ3n) is 10.9. The number of hydrogen-bond donors (Lipinski definition) is 0. The van der Waals surface area contributed by atoms with Gasteiger partial charge in [-0.15, -0.1) is 0 Å². The molecule has 0 aliphatic carbocycles. The molecule has 6 nitrogen and oxygen atoms in total. The van der Waals surface area contributed by atoms with E-state index in [-0.39, 0.29) is 31.1 Å². The molecule has 1 unspecified atom stereocenters. The molecule has 0 aromatic carbocycles. The van der Waals surface area contributed by atoms with Gasteiger partial charge < -0.3 is 14.2 Å². The highest BCUT2D eigenvalue weighted by Crippen LogP contribution is 2.14. The summed E-state index contributed by atoms with van der Waals surface area (Å²) in [6.07, 6.45) is 63.1. The molecule has 0 aliphatic heterocycles. The van der Waals surface area contributed by atoms with Gasteiger partial charge in [-0.3, -0.25) is 14.4 Å². The molecule has 0 fully saturated rings. The fourth-order valence-electron chi connectivity index (χ4n) is 7.05. The van der Waals surface area contributed by atoms with Crippen LogP contribution in [-0.2, 0) is 28.6 Å². The van der Waals surface area contributed by atoms with E-state index in [1.54, 1.807) is 0 Å². The largest absolute Gasteiger partial charge is 0.462 e. The van der Waals surface area contributed by atoms with Crippen LogP contribution in [0.5, 0.6) is 0 Å². The predicted octanol–water partition coefficient (Wildman–Crippen LogP) is 17.0. The zero-order valence-corrected chi connectivity index (χ0v) is 40.6. The average Bonchev–Trinajstić information content (AvgIpc) is 3.27. The van der Waals surface area contributed by atoms with Crippen LogP contribution in [0.15, 0.2) is 72.9 Å². The van der Waals surface area contributed by atoms with Crippen molar-refractivity contribution in [3.63, 3.8) is 0 Å². The Hall–Kier alpha value is -3.15. The molecule has 0 radical (unpaired) electrons. The molecule has 62 heavy (non-hydrogen) atoms. The summed E-state index contributed by atoms with van der Waals surface area (Å²) in [6, 6.07) is 0. The number of esters is 3. The second-order valence-corrected chi connectivity index (χ2v) is 17.1. The van der Waals surface area contributed by atoms with Crippen LogP contribution >= 0.6 is 0 Å². The summed E-state index contributed by atoms with van der Waals surface area (Å²) in [5, 5.41) is 0. The van der Waals surface area contributed by atoms with Crippen LogP contribution in [0.1, 0.15) is 245 Å². The van der Waals surface area contributed by atoms with E-state index in [0.717, 1.165) is 122 Å². The minimum Gasteiger partial charge on any atom is -0.462 e. The first-order valence-electron chi connectivity index (χ1n) is 25.9. The maximum atomic E-state index is 12.8. The van der Waals surface area contributed by atoms with E-state index in [9.17, 15) is 14.4 Å². The van der Waals surface area contributed by atoms with Gasteiger partial charge in [0.1, 0.15) is 13.2 Å². The molecular weight excluding hydrogens is 769 g/mol. The van der Waals surface area contributed by atoms with Crippen molar-refractivity contribution in [1.82, 2.24) is 0 Å². The number of allylic oxidation sites excluding steroid dienone is 12. The summed E-state index contributed by atoms with van der Waals surface area (Å²) >= 11 is 0. The molecule has 1 atom stereocenters. The van der Waals surface area contributed by atoms with Gasteiger partial charge in [-0.1, -0.05) is 209 Å². The lowest BCUT2D eigenvalue weighted by Gasteiger charge is -2.18. The summed E-state index contributed by atoms with van der Waals surface area (Å²) in [4.78, 5) is 38.0. The van der Waals surface area contributed by atoms with Crippen molar-refractivity contribution >= 4 is 17.9 Å². The van der Waals surface area contributed by atoms with Gasteiger partial charge in [-0.25, -0.2) is 0 Å². The first kappa shape index (κ1) is 58.9. The van der Waals surface area contributed by atoms with Crippen molar-refractivity contribution in [3.8, 4) is 0 Å². The lowest BCUT2D eigenvalue weighted by Crippen LogP contribution is -2.30. The van der Waals surface area contributed by atoms with Crippen LogP contribution in [0.4, 0.5) is 0 Å². The zero-order chi connectivity index (χ0) is 45.1. The van der Waals surface area contributed by atoms with Crippen molar-refractivity contribution in [1.29, 1.82) is 0 Å². The Balaban J connectivity index is 4.43. The van der Waals surface area contributed by atoms with Gasteiger partial charge in [-0.05, 0) is 89.9 Å². The molecule has 0 aromatic heterocycles. The lowest BCUT2D eigenvalue weighted by atomic mass is 10.1. The second-order valence-electron chi connectivity index (χ2n) is 17.1. The normalized spacial score (nSPS) is 12.6. The van der Waals surface area contributed by atoms with Crippen molar-refractivity contribution < 1.29 is 28.6 Å². The summed E-state index contributed by atoms with van der Waals surface area (Å²) in [5.41, 5.74) is 0. The molecule has 356 valence electrons. The number of ether oxygens (including phenoxy) is 3. The standard InChI is InChI=1S/C56H96O6/c1-4-7-10-13-16-19-22-24-26-28-30-31-34-37-40-43-46-49-55(58)61-52-53(51-60-54(57)48-45-42-39-36-33-21-18-15-12-9-6-3)62-56(59)50-47-44-41-38-35-32-29-27-25-23-20-17-14-11-8-5-2/h7,10,16,19-20,23-24,26-27,29-31,53H,4-6,8-9,11-15,17-18,21-22,25,28,32-52H2,1-3H3/b10-7-,19-16-,23-20-,26-24-,29-27-,31-30-. The van der Waals surface area contributed by atoms with Gasteiger partial charge in [0.05, 0.1) is 0 Å². The zero-order valence-electron chi connectivity index (χ0n) is 40.6. The minimum absolute atomic E-state index is 0.0878. The van der Waals surface area contributed by atoms with Gasteiger partial charge in [0.25, 0.3) is 0 Å². The van der Waals surface area contributed by atoms with Gasteiger partial charge in [-0.2, -0.15) is 0 Å². The van der Waals surface area contributed by atoms with E-state index in [4.69, 9.17) is 14.2 Å². The molecule has 0 saturated carbocycles. The first-order valence-corrected chi connectivity index (χ1v) is 25.9. The quantitative estimate of drug-likeness (QED) is 0.0262. The fourth-order valence-corrected chi connectivity index (χ4v) is 7.05. The molecule has 0 aromatic rings. The highest BCUT2D eigenvalue weighted by atomic mass is 16.6. The van der Waals surface area contributed by atoms with Crippen LogP contribution in [0.2, 0.25) is 0 Å². The third kappa shape index (κ3) is 47.9. The number of carbonyl (C=O) groups excluding carboxylic acids is 3. The fraction of sp³-hybridized carbons (Fsp3) is 0.732. The Morgan fingerprint density at radius 2 is 0.629 bits per heavy atom. The molecular formula is C56H96O6. The SMILES string of the molecule is CC/C=C\C/C=C\C/C=C\C/C=C\CCCCCCC(=O)OCC(COC(=O)CCCCCCCCCCCCC)OC(=O)CCCCCCC/C=C\C/C=C\CCCCCC. The average molecular weight is 865 g/mol. The van der Waals surface area contributed by atoms with E-state index in [2.05, 4.69) is 93.7 Å². The Kier molecular flexibility index (Phi) is 47.9.